The number of hydrogen-bond donors (Lipinski definition) is 0. The molecule has 0 saturated heterocycles. The van der Waals surface area contributed by atoms with Gasteiger partial charge in [0.2, 0.25) is 0 Å². The largest absolute Gasteiger partial charge is 0.417 e. The highest BCUT2D eigenvalue weighted by molar-refractivity contribution is 6.71. The molecule has 0 bridgehead atoms. The first-order valence-corrected chi connectivity index (χ1v) is 11.1. The summed E-state index contributed by atoms with van der Waals surface area (Å²) in [5.74, 6) is 0. The van der Waals surface area contributed by atoms with Crippen LogP contribution in [0.3, 0.4) is 0 Å². The van der Waals surface area contributed by atoms with E-state index in [-0.39, 0.29) is 0 Å². The molecule has 20 heavy (non-hydrogen) atoms. The van der Waals surface area contributed by atoms with E-state index in [0.29, 0.717) is 10.0 Å². The molecular formula is C16H24Cl2OSi. The molecule has 0 aromatic heterocycles. The van der Waals surface area contributed by atoms with Crippen LogP contribution in [0.15, 0.2) is 24.3 Å². The van der Waals surface area contributed by atoms with E-state index >= 15 is 0 Å². The van der Waals surface area contributed by atoms with Crippen molar-refractivity contribution >= 4 is 37.6 Å². The first-order chi connectivity index (χ1) is 9.44. The summed E-state index contributed by atoms with van der Waals surface area (Å²) in [5.41, 5.74) is 1.07. The minimum atomic E-state index is -1.44. The SMILES string of the molecule is CCCC[Si](C)(C)OCC/C=C/c1ccc(Cl)c(Cl)c1. The minimum absolute atomic E-state index is 0.593. The lowest BCUT2D eigenvalue weighted by molar-refractivity contribution is 0.313. The monoisotopic (exact) mass is 330 g/mol. The molecule has 1 nitrogen and oxygen atoms in total. The molecule has 1 aromatic carbocycles. The Labute approximate surface area is 134 Å². The molecule has 0 aliphatic carbocycles. The van der Waals surface area contributed by atoms with Crippen LogP contribution in [0.25, 0.3) is 6.08 Å². The smallest absolute Gasteiger partial charge is 0.186 e. The van der Waals surface area contributed by atoms with Gasteiger partial charge in [0.05, 0.1) is 10.0 Å². The lowest BCUT2D eigenvalue weighted by atomic mass is 10.2. The fourth-order valence-corrected chi connectivity index (χ4v) is 4.24. The molecule has 0 aliphatic heterocycles. The quantitative estimate of drug-likeness (QED) is 0.394. The first kappa shape index (κ1) is 17.8. The molecule has 0 fully saturated rings. The maximum Gasteiger partial charge on any atom is 0.186 e. The third-order valence-electron chi connectivity index (χ3n) is 3.16. The zero-order valence-corrected chi connectivity index (χ0v) is 15.1. The highest BCUT2D eigenvalue weighted by Gasteiger charge is 2.20. The van der Waals surface area contributed by atoms with Gasteiger partial charge in [0.1, 0.15) is 0 Å². The highest BCUT2D eigenvalue weighted by atomic mass is 35.5. The van der Waals surface area contributed by atoms with Crippen LogP contribution in [-0.2, 0) is 4.43 Å². The molecule has 0 spiro atoms. The molecule has 0 amide bonds. The van der Waals surface area contributed by atoms with E-state index in [1.807, 2.05) is 18.2 Å². The van der Waals surface area contributed by atoms with Crippen molar-refractivity contribution in [3.05, 3.63) is 39.9 Å². The van der Waals surface area contributed by atoms with Crippen LogP contribution >= 0.6 is 23.2 Å². The number of hydrogen-bond acceptors (Lipinski definition) is 1. The fourth-order valence-electron chi connectivity index (χ4n) is 1.91. The van der Waals surface area contributed by atoms with Crippen molar-refractivity contribution in [2.24, 2.45) is 0 Å². The van der Waals surface area contributed by atoms with Crippen molar-refractivity contribution < 1.29 is 4.43 Å². The van der Waals surface area contributed by atoms with Crippen molar-refractivity contribution in [2.75, 3.05) is 6.61 Å². The predicted molar refractivity (Wildman–Crippen MR) is 93.3 cm³/mol. The van der Waals surface area contributed by atoms with Crippen LogP contribution in [-0.4, -0.2) is 14.9 Å². The summed E-state index contributed by atoms with van der Waals surface area (Å²) in [7, 11) is -1.44. The second-order valence-electron chi connectivity index (χ2n) is 5.58. The molecule has 1 rings (SSSR count). The average molecular weight is 331 g/mol. The number of rotatable bonds is 8. The molecule has 0 aliphatic rings. The zero-order chi connectivity index (χ0) is 15.0. The summed E-state index contributed by atoms with van der Waals surface area (Å²) in [6.45, 7) is 7.63. The maximum absolute atomic E-state index is 6.05. The molecule has 1 aromatic rings. The standard InChI is InChI=1S/C16H24Cl2OSi/c1-4-5-12-20(2,3)19-11-7-6-8-14-9-10-15(17)16(18)13-14/h6,8-10,13H,4-5,7,11-12H2,1-3H3/b8-6+. The van der Waals surface area contributed by atoms with Crippen LogP contribution < -0.4 is 0 Å². The molecule has 0 atom stereocenters. The van der Waals surface area contributed by atoms with Crippen LogP contribution in [0.1, 0.15) is 31.7 Å². The molecule has 0 radical (unpaired) electrons. The van der Waals surface area contributed by atoms with E-state index in [1.165, 1.54) is 18.9 Å². The molecule has 112 valence electrons. The Morgan fingerprint density at radius 2 is 1.95 bits per heavy atom. The number of halogens is 2. The zero-order valence-electron chi connectivity index (χ0n) is 12.6. The fraction of sp³-hybridized carbons (Fsp3) is 0.500. The Morgan fingerprint density at radius 1 is 1.20 bits per heavy atom. The van der Waals surface area contributed by atoms with Gasteiger partial charge in [-0.25, -0.2) is 0 Å². The average Bonchev–Trinajstić information content (AvgIpc) is 2.40. The Bertz CT molecular complexity index is 444. The van der Waals surface area contributed by atoms with E-state index in [1.54, 1.807) is 0 Å². The number of benzene rings is 1. The molecule has 0 saturated carbocycles. The van der Waals surface area contributed by atoms with Crippen molar-refractivity contribution in [2.45, 2.75) is 45.3 Å². The molecule has 0 unspecified atom stereocenters. The maximum atomic E-state index is 6.05. The van der Waals surface area contributed by atoms with Gasteiger partial charge in [-0.3, -0.25) is 0 Å². The van der Waals surface area contributed by atoms with Gasteiger partial charge in [-0.15, -0.1) is 0 Å². The van der Waals surface area contributed by atoms with Gasteiger partial charge < -0.3 is 4.43 Å². The lowest BCUT2D eigenvalue weighted by Gasteiger charge is -2.22. The Kier molecular flexibility index (Phi) is 7.89. The number of unbranched alkanes of at least 4 members (excludes halogenated alkanes) is 1. The molecule has 4 heteroatoms. The molecule has 0 heterocycles. The summed E-state index contributed by atoms with van der Waals surface area (Å²) >= 11 is 11.9. The summed E-state index contributed by atoms with van der Waals surface area (Å²) in [4.78, 5) is 0. The van der Waals surface area contributed by atoms with Gasteiger partial charge in [-0.05, 0) is 43.3 Å². The molecular weight excluding hydrogens is 307 g/mol. The van der Waals surface area contributed by atoms with Gasteiger partial charge in [-0.1, -0.05) is 61.2 Å². The van der Waals surface area contributed by atoms with E-state index in [0.717, 1.165) is 18.6 Å². The third-order valence-corrected chi connectivity index (χ3v) is 6.45. The van der Waals surface area contributed by atoms with Crippen molar-refractivity contribution in [3.63, 3.8) is 0 Å². The Morgan fingerprint density at radius 3 is 2.60 bits per heavy atom. The molecule has 0 N–H and O–H groups in total. The van der Waals surface area contributed by atoms with Gasteiger partial charge in [0.25, 0.3) is 0 Å². The normalized spacial score (nSPS) is 12.2. The summed E-state index contributed by atoms with van der Waals surface area (Å²) in [6.07, 6.45) is 7.65. The van der Waals surface area contributed by atoms with E-state index in [9.17, 15) is 0 Å². The van der Waals surface area contributed by atoms with Crippen LogP contribution in [0, 0.1) is 0 Å². The van der Waals surface area contributed by atoms with Gasteiger partial charge >= 0.3 is 0 Å². The first-order valence-electron chi connectivity index (χ1n) is 7.20. The van der Waals surface area contributed by atoms with E-state index in [2.05, 4.69) is 32.2 Å². The van der Waals surface area contributed by atoms with Gasteiger partial charge in [0.15, 0.2) is 8.32 Å². The van der Waals surface area contributed by atoms with Crippen molar-refractivity contribution in [1.29, 1.82) is 0 Å². The van der Waals surface area contributed by atoms with Crippen LogP contribution in [0.4, 0.5) is 0 Å². The predicted octanol–water partition coefficient (Wildman–Crippen LogP) is 6.42. The Balaban J connectivity index is 2.33. The van der Waals surface area contributed by atoms with E-state index in [4.69, 9.17) is 27.6 Å². The van der Waals surface area contributed by atoms with Gasteiger partial charge in [0, 0.05) is 6.61 Å². The van der Waals surface area contributed by atoms with Crippen molar-refractivity contribution in [1.82, 2.24) is 0 Å². The van der Waals surface area contributed by atoms with Crippen molar-refractivity contribution in [3.8, 4) is 0 Å². The topological polar surface area (TPSA) is 9.23 Å². The highest BCUT2D eigenvalue weighted by Crippen LogP contribution is 2.23. The lowest BCUT2D eigenvalue weighted by Crippen LogP contribution is -2.30. The summed E-state index contributed by atoms with van der Waals surface area (Å²) < 4.78 is 6.05. The van der Waals surface area contributed by atoms with Crippen LogP contribution in [0.2, 0.25) is 29.2 Å². The van der Waals surface area contributed by atoms with E-state index < -0.39 is 8.32 Å². The van der Waals surface area contributed by atoms with Crippen LogP contribution in [0.5, 0.6) is 0 Å². The summed E-state index contributed by atoms with van der Waals surface area (Å²) in [6, 6.07) is 6.91. The second kappa shape index (κ2) is 8.88. The van der Waals surface area contributed by atoms with Gasteiger partial charge in [-0.2, -0.15) is 0 Å². The minimum Gasteiger partial charge on any atom is -0.417 e. The third kappa shape index (κ3) is 6.94. The second-order valence-corrected chi connectivity index (χ2v) is 10.7. The Hall–Kier alpha value is -0.283. The summed E-state index contributed by atoms with van der Waals surface area (Å²) in [5, 5.41) is 1.19.